The molecule has 4 heteroatoms. The van der Waals surface area contributed by atoms with Crippen molar-refractivity contribution in [2.75, 3.05) is 11.5 Å². The molecule has 1 unspecified atom stereocenters. The number of thioether (sulfide) groups is 1. The van der Waals surface area contributed by atoms with Crippen LogP contribution in [0.3, 0.4) is 0 Å². The predicted octanol–water partition coefficient (Wildman–Crippen LogP) is 2.12. The second kappa shape index (κ2) is 5.64. The standard InChI is InChI=1S/C11H20N2OS/c14-11(13-10-6-7-15-8-10)12-9-4-2-1-3-5-9/h9-10H,1-8H2,(H2,12,13,14). The van der Waals surface area contributed by atoms with Crippen molar-refractivity contribution in [3.05, 3.63) is 0 Å². The maximum atomic E-state index is 11.6. The molecule has 1 aliphatic carbocycles. The highest BCUT2D eigenvalue weighted by molar-refractivity contribution is 7.99. The molecule has 0 aromatic carbocycles. The van der Waals surface area contributed by atoms with Gasteiger partial charge >= 0.3 is 6.03 Å². The third-order valence-electron chi connectivity index (χ3n) is 3.21. The van der Waals surface area contributed by atoms with E-state index in [4.69, 9.17) is 0 Å². The fourth-order valence-electron chi connectivity index (χ4n) is 2.31. The molecule has 0 aromatic heterocycles. The van der Waals surface area contributed by atoms with Gasteiger partial charge in [-0.25, -0.2) is 4.79 Å². The van der Waals surface area contributed by atoms with Crippen molar-refractivity contribution >= 4 is 17.8 Å². The summed E-state index contributed by atoms with van der Waals surface area (Å²) in [7, 11) is 0. The summed E-state index contributed by atoms with van der Waals surface area (Å²) >= 11 is 1.93. The Morgan fingerprint density at radius 3 is 2.40 bits per heavy atom. The zero-order chi connectivity index (χ0) is 10.5. The first-order chi connectivity index (χ1) is 7.34. The van der Waals surface area contributed by atoms with Crippen molar-refractivity contribution in [3.63, 3.8) is 0 Å². The maximum Gasteiger partial charge on any atom is 0.315 e. The molecule has 0 aromatic rings. The molecule has 0 radical (unpaired) electrons. The highest BCUT2D eigenvalue weighted by Crippen LogP contribution is 2.18. The summed E-state index contributed by atoms with van der Waals surface area (Å²) in [6.07, 6.45) is 7.32. The minimum atomic E-state index is 0.0504. The first-order valence-corrected chi connectivity index (χ1v) is 7.15. The van der Waals surface area contributed by atoms with E-state index in [-0.39, 0.29) is 6.03 Å². The molecule has 2 amide bonds. The Bertz CT molecular complexity index is 211. The van der Waals surface area contributed by atoms with Crippen LogP contribution in [0.2, 0.25) is 0 Å². The highest BCUT2D eigenvalue weighted by Gasteiger charge is 2.20. The van der Waals surface area contributed by atoms with Crippen molar-refractivity contribution in [1.29, 1.82) is 0 Å². The molecule has 0 bridgehead atoms. The van der Waals surface area contributed by atoms with Crippen molar-refractivity contribution < 1.29 is 4.79 Å². The Morgan fingerprint density at radius 2 is 1.73 bits per heavy atom. The molecule has 1 atom stereocenters. The molecule has 2 fully saturated rings. The van der Waals surface area contributed by atoms with Crippen LogP contribution in [0.4, 0.5) is 4.79 Å². The molecule has 15 heavy (non-hydrogen) atoms. The first-order valence-electron chi connectivity index (χ1n) is 5.99. The Kier molecular flexibility index (Phi) is 4.18. The lowest BCUT2D eigenvalue weighted by Gasteiger charge is -2.23. The number of carbonyl (C=O) groups excluding carboxylic acids is 1. The molecule has 3 nitrogen and oxygen atoms in total. The van der Waals surface area contributed by atoms with Crippen LogP contribution < -0.4 is 10.6 Å². The number of amides is 2. The molecule has 1 saturated heterocycles. The molecule has 1 aliphatic heterocycles. The lowest BCUT2D eigenvalue weighted by atomic mass is 9.96. The zero-order valence-electron chi connectivity index (χ0n) is 9.13. The molecular formula is C11H20N2OS. The predicted molar refractivity (Wildman–Crippen MR) is 64.3 cm³/mol. The second-order valence-corrected chi connectivity index (χ2v) is 5.66. The average molecular weight is 228 g/mol. The molecule has 0 spiro atoms. The number of urea groups is 1. The second-order valence-electron chi connectivity index (χ2n) is 4.51. The minimum absolute atomic E-state index is 0.0504. The Labute approximate surface area is 95.8 Å². The number of carbonyl (C=O) groups is 1. The molecule has 2 rings (SSSR count). The molecule has 2 N–H and O–H groups in total. The third kappa shape index (κ3) is 3.59. The normalized spacial score (nSPS) is 27.6. The summed E-state index contributed by atoms with van der Waals surface area (Å²) in [5.74, 6) is 2.27. The number of hydrogen-bond acceptors (Lipinski definition) is 2. The van der Waals surface area contributed by atoms with Gasteiger partial charge in [0.2, 0.25) is 0 Å². The summed E-state index contributed by atoms with van der Waals surface area (Å²) in [6, 6.07) is 0.876. The fraction of sp³-hybridized carbons (Fsp3) is 0.909. The quantitative estimate of drug-likeness (QED) is 0.760. The van der Waals surface area contributed by atoms with E-state index in [1.165, 1.54) is 25.0 Å². The lowest BCUT2D eigenvalue weighted by Crippen LogP contribution is -2.46. The van der Waals surface area contributed by atoms with Gasteiger partial charge in [0, 0.05) is 17.8 Å². The van der Waals surface area contributed by atoms with E-state index < -0.39 is 0 Å². The van der Waals surface area contributed by atoms with Gasteiger partial charge < -0.3 is 10.6 Å². The van der Waals surface area contributed by atoms with Gasteiger partial charge in [-0.3, -0.25) is 0 Å². The summed E-state index contributed by atoms with van der Waals surface area (Å²) in [4.78, 5) is 11.6. The lowest BCUT2D eigenvalue weighted by molar-refractivity contribution is 0.230. The van der Waals surface area contributed by atoms with Crippen molar-refractivity contribution in [3.8, 4) is 0 Å². The third-order valence-corrected chi connectivity index (χ3v) is 4.37. The summed E-state index contributed by atoms with van der Waals surface area (Å²) in [5, 5.41) is 6.14. The number of nitrogens with one attached hydrogen (secondary N) is 2. The van der Waals surface area contributed by atoms with Gasteiger partial charge in [0.15, 0.2) is 0 Å². The van der Waals surface area contributed by atoms with Gasteiger partial charge in [0.1, 0.15) is 0 Å². The van der Waals surface area contributed by atoms with Crippen LogP contribution in [0, 0.1) is 0 Å². The van der Waals surface area contributed by atoms with Crippen LogP contribution in [0.15, 0.2) is 0 Å². The smallest absolute Gasteiger partial charge is 0.315 e. The van der Waals surface area contributed by atoms with E-state index in [0.29, 0.717) is 12.1 Å². The first kappa shape index (κ1) is 11.1. The molecule has 1 saturated carbocycles. The fourth-order valence-corrected chi connectivity index (χ4v) is 3.46. The maximum absolute atomic E-state index is 11.6. The SMILES string of the molecule is O=C(NC1CCCCC1)NC1CCSC1. The topological polar surface area (TPSA) is 41.1 Å². The monoisotopic (exact) mass is 228 g/mol. The van der Waals surface area contributed by atoms with Gasteiger partial charge in [-0.15, -0.1) is 0 Å². The van der Waals surface area contributed by atoms with Gasteiger partial charge in [0.25, 0.3) is 0 Å². The van der Waals surface area contributed by atoms with Crippen LogP contribution in [0.1, 0.15) is 38.5 Å². The summed E-state index contributed by atoms with van der Waals surface area (Å²) in [6.45, 7) is 0. The van der Waals surface area contributed by atoms with Crippen molar-refractivity contribution in [2.24, 2.45) is 0 Å². The Hall–Kier alpha value is -0.380. The van der Waals surface area contributed by atoms with E-state index in [9.17, 15) is 4.79 Å². The van der Waals surface area contributed by atoms with E-state index in [2.05, 4.69) is 10.6 Å². The molecule has 86 valence electrons. The van der Waals surface area contributed by atoms with Crippen LogP contribution in [-0.4, -0.2) is 29.6 Å². The number of hydrogen-bond donors (Lipinski definition) is 2. The Morgan fingerprint density at radius 1 is 1.00 bits per heavy atom. The average Bonchev–Trinajstić information content (AvgIpc) is 2.71. The summed E-state index contributed by atoms with van der Waals surface area (Å²) in [5.41, 5.74) is 0. The van der Waals surface area contributed by atoms with E-state index in [1.54, 1.807) is 0 Å². The van der Waals surface area contributed by atoms with E-state index >= 15 is 0 Å². The van der Waals surface area contributed by atoms with E-state index in [1.807, 2.05) is 11.8 Å². The summed E-state index contributed by atoms with van der Waals surface area (Å²) < 4.78 is 0. The molecule has 2 aliphatic rings. The van der Waals surface area contributed by atoms with Gasteiger partial charge in [-0.2, -0.15) is 11.8 Å². The minimum Gasteiger partial charge on any atom is -0.335 e. The molecular weight excluding hydrogens is 208 g/mol. The van der Waals surface area contributed by atoms with E-state index in [0.717, 1.165) is 25.0 Å². The molecule has 1 heterocycles. The van der Waals surface area contributed by atoms with Crippen LogP contribution in [-0.2, 0) is 0 Å². The van der Waals surface area contributed by atoms with Crippen LogP contribution in [0.25, 0.3) is 0 Å². The highest BCUT2D eigenvalue weighted by atomic mass is 32.2. The van der Waals surface area contributed by atoms with Crippen molar-refractivity contribution in [1.82, 2.24) is 10.6 Å². The van der Waals surface area contributed by atoms with Gasteiger partial charge in [-0.05, 0) is 25.0 Å². The zero-order valence-corrected chi connectivity index (χ0v) is 9.94. The van der Waals surface area contributed by atoms with Crippen LogP contribution in [0.5, 0.6) is 0 Å². The van der Waals surface area contributed by atoms with Gasteiger partial charge in [0.05, 0.1) is 0 Å². The van der Waals surface area contributed by atoms with Gasteiger partial charge in [-0.1, -0.05) is 19.3 Å². The largest absolute Gasteiger partial charge is 0.335 e. The number of rotatable bonds is 2. The van der Waals surface area contributed by atoms with Crippen LogP contribution >= 0.6 is 11.8 Å². The van der Waals surface area contributed by atoms with Crippen molar-refractivity contribution in [2.45, 2.75) is 50.6 Å². The Balaban J connectivity index is 1.66.